The molecule has 0 amide bonds. The van der Waals surface area contributed by atoms with E-state index in [4.69, 9.17) is 0 Å². The van der Waals surface area contributed by atoms with Gasteiger partial charge < -0.3 is 5.32 Å². The highest BCUT2D eigenvalue weighted by molar-refractivity contribution is 5.08. The summed E-state index contributed by atoms with van der Waals surface area (Å²) in [5, 5.41) is 3.68. The van der Waals surface area contributed by atoms with Gasteiger partial charge in [-0.1, -0.05) is 33.8 Å². The summed E-state index contributed by atoms with van der Waals surface area (Å²) in [6, 6.07) is 4.79. The van der Waals surface area contributed by atoms with Crippen LogP contribution in [-0.2, 0) is 6.42 Å². The number of nitrogens with zero attached hydrogens (tertiary/aromatic N) is 1. The standard InChI is InChI=1S/C16H28N2/c1-5-11-18-15(16(2,3)4)10-6-8-14-9-7-12-17-13-14/h7,9,12-13,15,18H,5-6,8,10-11H2,1-4H3. The van der Waals surface area contributed by atoms with E-state index in [1.54, 1.807) is 0 Å². The van der Waals surface area contributed by atoms with Crippen molar-refractivity contribution in [3.8, 4) is 0 Å². The summed E-state index contributed by atoms with van der Waals surface area (Å²) in [5.74, 6) is 0. The number of hydrogen-bond donors (Lipinski definition) is 1. The van der Waals surface area contributed by atoms with E-state index in [9.17, 15) is 0 Å². The molecule has 0 aliphatic heterocycles. The van der Waals surface area contributed by atoms with Crippen LogP contribution in [0.2, 0.25) is 0 Å². The lowest BCUT2D eigenvalue weighted by Gasteiger charge is -2.32. The Hall–Kier alpha value is -0.890. The molecule has 0 fully saturated rings. The number of aromatic nitrogens is 1. The zero-order chi connectivity index (χ0) is 13.4. The molecule has 2 nitrogen and oxygen atoms in total. The molecule has 102 valence electrons. The maximum absolute atomic E-state index is 4.17. The predicted octanol–water partition coefficient (Wildman–Crippen LogP) is 3.82. The highest BCUT2D eigenvalue weighted by atomic mass is 14.9. The highest BCUT2D eigenvalue weighted by Crippen LogP contribution is 2.23. The summed E-state index contributed by atoms with van der Waals surface area (Å²) in [7, 11) is 0. The van der Waals surface area contributed by atoms with Gasteiger partial charge in [-0.15, -0.1) is 0 Å². The van der Waals surface area contributed by atoms with Crippen LogP contribution in [0.15, 0.2) is 24.5 Å². The van der Waals surface area contributed by atoms with Gasteiger partial charge in [-0.05, 0) is 49.3 Å². The lowest BCUT2D eigenvalue weighted by atomic mass is 9.83. The quantitative estimate of drug-likeness (QED) is 0.793. The summed E-state index contributed by atoms with van der Waals surface area (Å²) in [6.07, 6.45) is 8.61. The fraction of sp³-hybridized carbons (Fsp3) is 0.688. The van der Waals surface area contributed by atoms with Gasteiger partial charge in [0, 0.05) is 18.4 Å². The Balaban J connectivity index is 2.38. The van der Waals surface area contributed by atoms with Crippen LogP contribution in [0.4, 0.5) is 0 Å². The predicted molar refractivity (Wildman–Crippen MR) is 78.7 cm³/mol. The zero-order valence-corrected chi connectivity index (χ0v) is 12.4. The molecule has 2 heteroatoms. The van der Waals surface area contributed by atoms with Gasteiger partial charge in [0.25, 0.3) is 0 Å². The first-order chi connectivity index (χ1) is 8.54. The minimum Gasteiger partial charge on any atom is -0.313 e. The van der Waals surface area contributed by atoms with E-state index in [0.29, 0.717) is 11.5 Å². The average molecular weight is 248 g/mol. The second-order valence-corrected chi connectivity index (χ2v) is 6.13. The molecule has 1 heterocycles. The van der Waals surface area contributed by atoms with Crippen molar-refractivity contribution in [2.75, 3.05) is 6.54 Å². The summed E-state index contributed by atoms with van der Waals surface area (Å²) in [6.45, 7) is 10.3. The third kappa shape index (κ3) is 5.63. The van der Waals surface area contributed by atoms with Crippen molar-refractivity contribution in [3.05, 3.63) is 30.1 Å². The number of rotatable bonds is 7. The highest BCUT2D eigenvalue weighted by Gasteiger charge is 2.23. The smallest absolute Gasteiger partial charge is 0.0299 e. The van der Waals surface area contributed by atoms with Crippen LogP contribution in [0.5, 0.6) is 0 Å². The molecule has 0 aliphatic rings. The van der Waals surface area contributed by atoms with E-state index < -0.39 is 0 Å². The molecule has 0 aromatic carbocycles. The minimum atomic E-state index is 0.337. The fourth-order valence-electron chi connectivity index (χ4n) is 2.22. The first-order valence-electron chi connectivity index (χ1n) is 7.16. The van der Waals surface area contributed by atoms with E-state index in [0.717, 1.165) is 13.0 Å². The summed E-state index contributed by atoms with van der Waals surface area (Å²) < 4.78 is 0. The number of hydrogen-bond acceptors (Lipinski definition) is 2. The molecular weight excluding hydrogens is 220 g/mol. The minimum absolute atomic E-state index is 0.337. The average Bonchev–Trinajstić information content (AvgIpc) is 2.33. The molecule has 1 N–H and O–H groups in total. The molecule has 0 bridgehead atoms. The van der Waals surface area contributed by atoms with Crippen LogP contribution in [-0.4, -0.2) is 17.6 Å². The van der Waals surface area contributed by atoms with E-state index in [2.05, 4.69) is 44.1 Å². The molecule has 0 radical (unpaired) electrons. The van der Waals surface area contributed by atoms with Crippen molar-refractivity contribution in [1.29, 1.82) is 0 Å². The van der Waals surface area contributed by atoms with Crippen molar-refractivity contribution < 1.29 is 0 Å². The van der Waals surface area contributed by atoms with Gasteiger partial charge in [0.15, 0.2) is 0 Å². The maximum atomic E-state index is 4.17. The molecule has 1 unspecified atom stereocenters. The second kappa shape index (κ2) is 7.52. The van der Waals surface area contributed by atoms with Gasteiger partial charge in [-0.3, -0.25) is 4.98 Å². The number of aryl methyl sites for hydroxylation is 1. The van der Waals surface area contributed by atoms with E-state index in [-0.39, 0.29) is 0 Å². The molecule has 18 heavy (non-hydrogen) atoms. The monoisotopic (exact) mass is 248 g/mol. The van der Waals surface area contributed by atoms with E-state index in [1.165, 1.54) is 24.8 Å². The third-order valence-corrected chi connectivity index (χ3v) is 3.37. The van der Waals surface area contributed by atoms with Crippen molar-refractivity contribution >= 4 is 0 Å². The molecule has 1 rings (SSSR count). The van der Waals surface area contributed by atoms with Crippen LogP contribution in [0, 0.1) is 5.41 Å². The Morgan fingerprint density at radius 1 is 1.33 bits per heavy atom. The van der Waals surface area contributed by atoms with Gasteiger partial charge >= 0.3 is 0 Å². The number of pyridine rings is 1. The van der Waals surface area contributed by atoms with Gasteiger partial charge in [-0.2, -0.15) is 0 Å². The maximum Gasteiger partial charge on any atom is 0.0299 e. The Kier molecular flexibility index (Phi) is 6.34. The van der Waals surface area contributed by atoms with Crippen molar-refractivity contribution in [2.45, 2.75) is 59.4 Å². The first kappa shape index (κ1) is 15.2. The summed E-state index contributed by atoms with van der Waals surface area (Å²) >= 11 is 0. The van der Waals surface area contributed by atoms with Crippen LogP contribution < -0.4 is 5.32 Å². The molecule has 1 atom stereocenters. The molecule has 1 aromatic heterocycles. The lowest BCUT2D eigenvalue weighted by molar-refractivity contribution is 0.251. The lowest BCUT2D eigenvalue weighted by Crippen LogP contribution is -2.40. The van der Waals surface area contributed by atoms with Crippen molar-refractivity contribution in [3.63, 3.8) is 0 Å². The van der Waals surface area contributed by atoms with Gasteiger partial charge in [-0.25, -0.2) is 0 Å². The van der Waals surface area contributed by atoms with Crippen LogP contribution in [0.1, 0.15) is 52.5 Å². The van der Waals surface area contributed by atoms with Crippen LogP contribution in [0.3, 0.4) is 0 Å². The van der Waals surface area contributed by atoms with E-state index in [1.807, 2.05) is 18.5 Å². The third-order valence-electron chi connectivity index (χ3n) is 3.37. The largest absolute Gasteiger partial charge is 0.313 e. The topological polar surface area (TPSA) is 24.9 Å². The van der Waals surface area contributed by atoms with E-state index >= 15 is 0 Å². The first-order valence-corrected chi connectivity index (χ1v) is 7.16. The molecule has 1 aromatic rings. The Morgan fingerprint density at radius 3 is 2.67 bits per heavy atom. The van der Waals surface area contributed by atoms with Gasteiger partial charge in [0.1, 0.15) is 0 Å². The van der Waals surface area contributed by atoms with Crippen LogP contribution >= 0.6 is 0 Å². The van der Waals surface area contributed by atoms with Gasteiger partial charge in [0.2, 0.25) is 0 Å². The SMILES string of the molecule is CCCNC(CCCc1cccnc1)C(C)(C)C. The molecule has 0 spiro atoms. The number of nitrogens with one attached hydrogen (secondary N) is 1. The van der Waals surface area contributed by atoms with Gasteiger partial charge in [0.05, 0.1) is 0 Å². The Morgan fingerprint density at radius 2 is 2.11 bits per heavy atom. The van der Waals surface area contributed by atoms with Crippen LogP contribution in [0.25, 0.3) is 0 Å². The fourth-order valence-corrected chi connectivity index (χ4v) is 2.22. The Bertz CT molecular complexity index is 314. The normalized spacial score (nSPS) is 13.6. The molecule has 0 aliphatic carbocycles. The van der Waals surface area contributed by atoms with Crippen molar-refractivity contribution in [2.24, 2.45) is 5.41 Å². The summed E-state index contributed by atoms with van der Waals surface area (Å²) in [4.78, 5) is 4.17. The zero-order valence-electron chi connectivity index (χ0n) is 12.4. The molecule has 0 saturated carbocycles. The molecule has 0 saturated heterocycles. The summed E-state index contributed by atoms with van der Waals surface area (Å²) in [5.41, 5.74) is 1.69. The molecular formula is C16H28N2. The van der Waals surface area contributed by atoms with Crippen molar-refractivity contribution in [1.82, 2.24) is 10.3 Å². The Labute approximate surface area is 112 Å². The second-order valence-electron chi connectivity index (χ2n) is 6.13.